The van der Waals surface area contributed by atoms with E-state index in [0.717, 1.165) is 18.6 Å². The molecule has 0 aromatic heterocycles. The molecule has 0 aromatic rings. The lowest BCUT2D eigenvalue weighted by atomic mass is 9.96. The van der Waals surface area contributed by atoms with Crippen LogP contribution in [0.25, 0.3) is 0 Å². The Kier molecular flexibility index (Phi) is 2.63. The summed E-state index contributed by atoms with van der Waals surface area (Å²) in [6.07, 6.45) is 2.66. The first-order chi connectivity index (χ1) is 6.86. The molecular formula is C13H26N2. The van der Waals surface area contributed by atoms with Crippen LogP contribution in [0, 0.1) is 5.41 Å². The molecule has 2 rings (SSSR count). The van der Waals surface area contributed by atoms with Crippen LogP contribution in [-0.4, -0.2) is 35.6 Å². The van der Waals surface area contributed by atoms with Gasteiger partial charge in [0.25, 0.3) is 0 Å². The summed E-state index contributed by atoms with van der Waals surface area (Å²) in [4.78, 5) is 2.76. The average molecular weight is 210 g/mol. The van der Waals surface area contributed by atoms with Crippen molar-refractivity contribution in [2.24, 2.45) is 5.41 Å². The van der Waals surface area contributed by atoms with Crippen LogP contribution in [0.5, 0.6) is 0 Å². The van der Waals surface area contributed by atoms with Gasteiger partial charge in [0.2, 0.25) is 0 Å². The van der Waals surface area contributed by atoms with Crippen LogP contribution < -0.4 is 5.32 Å². The smallest absolute Gasteiger partial charge is 0.0253 e. The van der Waals surface area contributed by atoms with E-state index >= 15 is 0 Å². The van der Waals surface area contributed by atoms with E-state index in [1.165, 1.54) is 19.4 Å². The van der Waals surface area contributed by atoms with Crippen molar-refractivity contribution in [1.29, 1.82) is 0 Å². The molecule has 0 amide bonds. The van der Waals surface area contributed by atoms with Crippen LogP contribution in [-0.2, 0) is 0 Å². The van der Waals surface area contributed by atoms with Gasteiger partial charge in [-0.3, -0.25) is 4.90 Å². The largest absolute Gasteiger partial charge is 0.309 e. The first kappa shape index (κ1) is 11.4. The SMILES string of the molecule is CCC1CNC(C)(C)CN1C1CC1(C)C. The average Bonchev–Trinajstić information content (AvgIpc) is 2.74. The van der Waals surface area contributed by atoms with Gasteiger partial charge in [0.15, 0.2) is 0 Å². The molecule has 2 unspecified atom stereocenters. The Morgan fingerprint density at radius 1 is 1.27 bits per heavy atom. The fourth-order valence-corrected chi connectivity index (χ4v) is 2.90. The third-order valence-electron chi connectivity index (χ3n) is 4.20. The highest BCUT2D eigenvalue weighted by molar-refractivity contribution is 5.07. The molecule has 2 aliphatic rings. The Bertz CT molecular complexity index is 243. The Morgan fingerprint density at radius 2 is 1.87 bits per heavy atom. The molecule has 0 bridgehead atoms. The highest BCUT2D eigenvalue weighted by Gasteiger charge is 2.52. The molecule has 1 aliphatic carbocycles. The predicted octanol–water partition coefficient (Wildman–Crippen LogP) is 2.25. The monoisotopic (exact) mass is 210 g/mol. The maximum Gasteiger partial charge on any atom is 0.0253 e. The van der Waals surface area contributed by atoms with Gasteiger partial charge in [-0.2, -0.15) is 0 Å². The zero-order valence-electron chi connectivity index (χ0n) is 10.9. The van der Waals surface area contributed by atoms with Gasteiger partial charge in [-0.25, -0.2) is 0 Å². The van der Waals surface area contributed by atoms with E-state index < -0.39 is 0 Å². The molecule has 2 heteroatoms. The summed E-state index contributed by atoms with van der Waals surface area (Å²) in [7, 11) is 0. The van der Waals surface area contributed by atoms with Crippen molar-refractivity contribution >= 4 is 0 Å². The lowest BCUT2D eigenvalue weighted by molar-refractivity contribution is 0.0744. The minimum atomic E-state index is 0.296. The van der Waals surface area contributed by atoms with Gasteiger partial charge in [0, 0.05) is 30.7 Å². The van der Waals surface area contributed by atoms with E-state index in [2.05, 4.69) is 44.8 Å². The van der Waals surface area contributed by atoms with Crippen LogP contribution >= 0.6 is 0 Å². The lowest BCUT2D eigenvalue weighted by Crippen LogP contribution is -2.62. The second kappa shape index (κ2) is 3.46. The summed E-state index contributed by atoms with van der Waals surface area (Å²) in [6, 6.07) is 1.59. The van der Waals surface area contributed by atoms with E-state index in [9.17, 15) is 0 Å². The molecular weight excluding hydrogens is 184 g/mol. The van der Waals surface area contributed by atoms with E-state index in [-0.39, 0.29) is 0 Å². The number of nitrogens with one attached hydrogen (secondary N) is 1. The summed E-state index contributed by atoms with van der Waals surface area (Å²) in [6.45, 7) is 14.1. The zero-order chi connectivity index (χ0) is 11.3. The molecule has 1 aliphatic heterocycles. The second-order valence-corrected chi connectivity index (χ2v) is 6.71. The summed E-state index contributed by atoms with van der Waals surface area (Å²) in [5, 5.41) is 3.66. The summed E-state index contributed by atoms with van der Waals surface area (Å²) >= 11 is 0. The molecule has 0 radical (unpaired) electrons. The topological polar surface area (TPSA) is 15.3 Å². The standard InChI is InChI=1S/C13H26N2/c1-6-10-8-14-13(4,5)9-15(10)11-7-12(11,2)3/h10-11,14H,6-9H2,1-5H3. The maximum absolute atomic E-state index is 3.66. The van der Waals surface area contributed by atoms with Gasteiger partial charge >= 0.3 is 0 Å². The second-order valence-electron chi connectivity index (χ2n) is 6.71. The summed E-state index contributed by atoms with van der Waals surface area (Å²) in [5.41, 5.74) is 0.866. The van der Waals surface area contributed by atoms with Gasteiger partial charge < -0.3 is 5.32 Å². The van der Waals surface area contributed by atoms with E-state index in [4.69, 9.17) is 0 Å². The molecule has 2 nitrogen and oxygen atoms in total. The Labute approximate surface area is 94.4 Å². The lowest BCUT2D eigenvalue weighted by Gasteiger charge is -2.45. The Hall–Kier alpha value is -0.0800. The first-order valence-corrected chi connectivity index (χ1v) is 6.36. The van der Waals surface area contributed by atoms with Gasteiger partial charge in [-0.15, -0.1) is 0 Å². The molecule has 15 heavy (non-hydrogen) atoms. The van der Waals surface area contributed by atoms with Gasteiger partial charge in [0.05, 0.1) is 0 Å². The van der Waals surface area contributed by atoms with Crippen molar-refractivity contribution in [1.82, 2.24) is 10.2 Å². The first-order valence-electron chi connectivity index (χ1n) is 6.36. The molecule has 2 fully saturated rings. The van der Waals surface area contributed by atoms with Crippen LogP contribution in [0.4, 0.5) is 0 Å². The molecule has 1 saturated heterocycles. The third-order valence-corrected chi connectivity index (χ3v) is 4.20. The number of rotatable bonds is 2. The minimum Gasteiger partial charge on any atom is -0.309 e. The molecule has 1 heterocycles. The number of hydrogen-bond donors (Lipinski definition) is 1. The molecule has 1 N–H and O–H groups in total. The molecule has 88 valence electrons. The minimum absolute atomic E-state index is 0.296. The predicted molar refractivity (Wildman–Crippen MR) is 65.1 cm³/mol. The normalized spacial score (nSPS) is 39.0. The quantitative estimate of drug-likeness (QED) is 0.752. The fraction of sp³-hybridized carbons (Fsp3) is 1.00. The molecule has 1 saturated carbocycles. The molecule has 0 spiro atoms. The summed E-state index contributed by atoms with van der Waals surface area (Å²) in [5.74, 6) is 0. The van der Waals surface area contributed by atoms with Crippen LogP contribution in [0.2, 0.25) is 0 Å². The van der Waals surface area contributed by atoms with Gasteiger partial charge in [0.1, 0.15) is 0 Å². The molecule has 0 aromatic carbocycles. The molecule has 2 atom stereocenters. The number of hydrogen-bond acceptors (Lipinski definition) is 2. The van der Waals surface area contributed by atoms with Gasteiger partial charge in [-0.1, -0.05) is 20.8 Å². The fourth-order valence-electron chi connectivity index (χ4n) is 2.90. The maximum atomic E-state index is 3.66. The van der Waals surface area contributed by atoms with Crippen molar-refractivity contribution in [3.05, 3.63) is 0 Å². The van der Waals surface area contributed by atoms with Crippen LogP contribution in [0.3, 0.4) is 0 Å². The third kappa shape index (κ3) is 2.21. The van der Waals surface area contributed by atoms with Crippen molar-refractivity contribution < 1.29 is 0 Å². The van der Waals surface area contributed by atoms with Crippen molar-refractivity contribution in [2.75, 3.05) is 13.1 Å². The highest BCUT2D eigenvalue weighted by atomic mass is 15.3. The van der Waals surface area contributed by atoms with Crippen molar-refractivity contribution in [3.8, 4) is 0 Å². The van der Waals surface area contributed by atoms with E-state index in [1.807, 2.05) is 0 Å². The Morgan fingerprint density at radius 3 is 2.33 bits per heavy atom. The zero-order valence-corrected chi connectivity index (χ0v) is 10.9. The number of nitrogens with zero attached hydrogens (tertiary/aromatic N) is 1. The summed E-state index contributed by atoms with van der Waals surface area (Å²) < 4.78 is 0. The van der Waals surface area contributed by atoms with Crippen LogP contribution in [0.15, 0.2) is 0 Å². The Balaban J connectivity index is 2.06. The van der Waals surface area contributed by atoms with E-state index in [0.29, 0.717) is 11.0 Å². The van der Waals surface area contributed by atoms with Crippen molar-refractivity contribution in [3.63, 3.8) is 0 Å². The number of piperazine rings is 1. The van der Waals surface area contributed by atoms with Gasteiger partial charge in [-0.05, 0) is 32.1 Å². The van der Waals surface area contributed by atoms with Crippen molar-refractivity contribution in [2.45, 2.75) is 65.1 Å². The van der Waals surface area contributed by atoms with Crippen LogP contribution in [0.1, 0.15) is 47.5 Å². The van der Waals surface area contributed by atoms with E-state index in [1.54, 1.807) is 0 Å². The highest BCUT2D eigenvalue weighted by Crippen LogP contribution is 2.50.